The van der Waals surface area contributed by atoms with E-state index in [2.05, 4.69) is 0 Å². The molecule has 1 saturated carbocycles. The van der Waals surface area contributed by atoms with Gasteiger partial charge >= 0.3 is 0 Å². The average molecular weight is 283 g/mol. The van der Waals surface area contributed by atoms with Crippen molar-refractivity contribution in [3.05, 3.63) is 24.3 Å². The molecule has 3 rings (SSSR count). The Labute approximate surface area is 112 Å². The summed E-state index contributed by atoms with van der Waals surface area (Å²) in [6, 6.07) is 5.67. The van der Waals surface area contributed by atoms with Crippen LogP contribution >= 0.6 is 0 Å². The van der Waals surface area contributed by atoms with Gasteiger partial charge in [-0.1, -0.05) is 0 Å². The summed E-state index contributed by atoms with van der Waals surface area (Å²) < 4.78 is 32.5. The van der Waals surface area contributed by atoms with Crippen molar-refractivity contribution >= 4 is 10.0 Å². The number of nitrogens with zero attached hydrogens (tertiary/aromatic N) is 1. The number of fused-ring (bicyclic) bond motifs is 1. The molecule has 1 heterocycles. The molecule has 0 aromatic heterocycles. The molecule has 2 atom stereocenters. The minimum Gasteiger partial charge on any atom is -0.508 e. The van der Waals surface area contributed by atoms with Gasteiger partial charge in [-0.25, -0.2) is 8.42 Å². The molecule has 1 aliphatic carbocycles. The van der Waals surface area contributed by atoms with Gasteiger partial charge in [0.25, 0.3) is 0 Å². The van der Waals surface area contributed by atoms with Gasteiger partial charge < -0.3 is 9.84 Å². The molecular weight excluding hydrogens is 266 g/mol. The largest absolute Gasteiger partial charge is 0.508 e. The molecule has 0 amide bonds. The number of ether oxygens (including phenoxy) is 1. The minimum absolute atomic E-state index is 0.0347. The predicted octanol–water partition coefficient (Wildman–Crippen LogP) is 1.33. The van der Waals surface area contributed by atoms with Crippen molar-refractivity contribution in [3.63, 3.8) is 0 Å². The molecule has 5 nitrogen and oxygen atoms in total. The SMILES string of the molecule is O=S(=O)(c1ccc(O)cc1)N1CCOC2CCCC21. The summed E-state index contributed by atoms with van der Waals surface area (Å²) in [6.07, 6.45) is 2.85. The van der Waals surface area contributed by atoms with Gasteiger partial charge in [0.2, 0.25) is 10.0 Å². The lowest BCUT2D eigenvalue weighted by molar-refractivity contribution is -0.0241. The van der Waals surface area contributed by atoms with E-state index in [1.165, 1.54) is 24.3 Å². The van der Waals surface area contributed by atoms with Crippen LogP contribution in [0.25, 0.3) is 0 Å². The molecule has 1 saturated heterocycles. The maximum Gasteiger partial charge on any atom is 0.243 e. The fourth-order valence-electron chi connectivity index (χ4n) is 2.94. The zero-order valence-electron chi connectivity index (χ0n) is 10.5. The number of hydrogen-bond donors (Lipinski definition) is 1. The van der Waals surface area contributed by atoms with Crippen LogP contribution in [0.5, 0.6) is 5.75 Å². The molecule has 6 heteroatoms. The number of rotatable bonds is 2. The quantitative estimate of drug-likeness (QED) is 0.889. The molecule has 0 spiro atoms. The maximum atomic E-state index is 12.6. The maximum absolute atomic E-state index is 12.6. The van der Waals surface area contributed by atoms with Gasteiger partial charge in [-0.3, -0.25) is 0 Å². The fourth-order valence-corrected chi connectivity index (χ4v) is 4.61. The Morgan fingerprint density at radius 3 is 2.68 bits per heavy atom. The molecule has 1 aromatic rings. The minimum atomic E-state index is -3.49. The van der Waals surface area contributed by atoms with E-state index in [9.17, 15) is 13.5 Å². The number of sulfonamides is 1. The first-order chi connectivity index (χ1) is 9.09. The van der Waals surface area contributed by atoms with Gasteiger partial charge in [0.05, 0.1) is 23.6 Å². The second-order valence-corrected chi connectivity index (χ2v) is 6.91. The normalized spacial score (nSPS) is 28.2. The highest BCUT2D eigenvalue weighted by atomic mass is 32.2. The lowest BCUT2D eigenvalue weighted by Gasteiger charge is -2.36. The standard InChI is InChI=1S/C13H17NO4S/c15-10-4-6-11(7-5-10)19(16,17)14-8-9-18-13-3-1-2-12(13)14/h4-7,12-13,15H,1-3,8-9H2. The van der Waals surface area contributed by atoms with Crippen molar-refractivity contribution in [2.24, 2.45) is 0 Å². The van der Waals surface area contributed by atoms with E-state index in [4.69, 9.17) is 4.74 Å². The van der Waals surface area contributed by atoms with Crippen LogP contribution in [0.2, 0.25) is 0 Å². The summed E-state index contributed by atoms with van der Waals surface area (Å²) >= 11 is 0. The van der Waals surface area contributed by atoms with Crippen LogP contribution in [0.3, 0.4) is 0 Å². The molecule has 19 heavy (non-hydrogen) atoms. The Kier molecular flexibility index (Phi) is 3.24. The molecule has 0 bridgehead atoms. The Balaban J connectivity index is 1.93. The summed E-state index contributed by atoms with van der Waals surface area (Å²) in [6.45, 7) is 0.864. The molecule has 2 aliphatic rings. The average Bonchev–Trinajstić information content (AvgIpc) is 2.87. The van der Waals surface area contributed by atoms with Crippen molar-refractivity contribution in [1.29, 1.82) is 0 Å². The third kappa shape index (κ3) is 2.24. The second-order valence-electron chi connectivity index (χ2n) is 5.02. The molecular formula is C13H17NO4S. The van der Waals surface area contributed by atoms with Gasteiger partial charge in [-0.2, -0.15) is 4.31 Å². The Morgan fingerprint density at radius 2 is 1.95 bits per heavy atom. The Hall–Kier alpha value is -1.11. The third-order valence-electron chi connectivity index (χ3n) is 3.87. The van der Waals surface area contributed by atoms with Crippen molar-refractivity contribution in [2.75, 3.05) is 13.2 Å². The summed E-state index contributed by atoms with van der Waals surface area (Å²) in [5, 5.41) is 9.25. The summed E-state index contributed by atoms with van der Waals surface area (Å²) in [5.74, 6) is 0.0691. The highest BCUT2D eigenvalue weighted by molar-refractivity contribution is 7.89. The fraction of sp³-hybridized carbons (Fsp3) is 0.538. The number of hydrogen-bond acceptors (Lipinski definition) is 4. The van der Waals surface area contributed by atoms with Crippen LogP contribution < -0.4 is 0 Å². The first-order valence-corrected chi connectivity index (χ1v) is 7.95. The lowest BCUT2D eigenvalue weighted by Crippen LogP contribution is -2.51. The van der Waals surface area contributed by atoms with E-state index < -0.39 is 10.0 Å². The number of benzene rings is 1. The molecule has 0 radical (unpaired) electrons. The van der Waals surface area contributed by atoms with Crippen LogP contribution in [-0.2, 0) is 14.8 Å². The van der Waals surface area contributed by atoms with Gasteiger partial charge in [0, 0.05) is 6.54 Å². The molecule has 2 fully saturated rings. The zero-order valence-corrected chi connectivity index (χ0v) is 11.3. The summed E-state index contributed by atoms with van der Waals surface area (Å²) in [4.78, 5) is 0.234. The van der Waals surface area contributed by atoms with E-state index >= 15 is 0 Å². The van der Waals surface area contributed by atoms with E-state index in [0.717, 1.165) is 19.3 Å². The van der Waals surface area contributed by atoms with Crippen molar-refractivity contribution < 1.29 is 18.3 Å². The van der Waals surface area contributed by atoms with Gasteiger partial charge in [0.15, 0.2) is 0 Å². The Bertz CT molecular complexity index is 555. The Morgan fingerprint density at radius 1 is 1.21 bits per heavy atom. The van der Waals surface area contributed by atoms with Crippen LogP contribution in [-0.4, -0.2) is 43.1 Å². The van der Waals surface area contributed by atoms with E-state index in [-0.39, 0.29) is 22.8 Å². The van der Waals surface area contributed by atoms with E-state index in [0.29, 0.717) is 13.2 Å². The number of phenols is 1. The molecule has 1 N–H and O–H groups in total. The second kappa shape index (κ2) is 4.77. The van der Waals surface area contributed by atoms with Crippen LogP contribution in [0.4, 0.5) is 0 Å². The van der Waals surface area contributed by atoms with E-state index in [1.54, 1.807) is 4.31 Å². The summed E-state index contributed by atoms with van der Waals surface area (Å²) in [5.41, 5.74) is 0. The topological polar surface area (TPSA) is 66.8 Å². The highest BCUT2D eigenvalue weighted by Gasteiger charge is 2.42. The first kappa shape index (κ1) is 12.9. The van der Waals surface area contributed by atoms with Crippen molar-refractivity contribution in [1.82, 2.24) is 4.31 Å². The van der Waals surface area contributed by atoms with Crippen LogP contribution in [0.1, 0.15) is 19.3 Å². The smallest absolute Gasteiger partial charge is 0.243 e. The predicted molar refractivity (Wildman–Crippen MR) is 69.4 cm³/mol. The van der Waals surface area contributed by atoms with Crippen molar-refractivity contribution in [3.8, 4) is 5.75 Å². The lowest BCUT2D eigenvalue weighted by atomic mass is 10.2. The number of phenolic OH excluding ortho intramolecular Hbond substituents is 1. The first-order valence-electron chi connectivity index (χ1n) is 6.51. The molecule has 2 unspecified atom stereocenters. The third-order valence-corrected chi connectivity index (χ3v) is 5.81. The van der Waals surface area contributed by atoms with Gasteiger partial charge in [0.1, 0.15) is 5.75 Å². The zero-order chi connectivity index (χ0) is 13.5. The number of morpholine rings is 1. The monoisotopic (exact) mass is 283 g/mol. The highest BCUT2D eigenvalue weighted by Crippen LogP contribution is 2.33. The van der Waals surface area contributed by atoms with Crippen molar-refractivity contribution in [2.45, 2.75) is 36.3 Å². The molecule has 1 aromatic carbocycles. The van der Waals surface area contributed by atoms with E-state index in [1.807, 2.05) is 0 Å². The van der Waals surface area contributed by atoms with Crippen LogP contribution in [0.15, 0.2) is 29.2 Å². The molecule has 104 valence electrons. The summed E-state index contributed by atoms with van der Waals surface area (Å²) in [7, 11) is -3.49. The number of aromatic hydroxyl groups is 1. The van der Waals surface area contributed by atoms with Gasteiger partial charge in [-0.05, 0) is 43.5 Å². The van der Waals surface area contributed by atoms with Crippen LogP contribution in [0, 0.1) is 0 Å². The van der Waals surface area contributed by atoms with Gasteiger partial charge in [-0.15, -0.1) is 0 Å². The molecule has 1 aliphatic heterocycles.